The van der Waals surface area contributed by atoms with Gasteiger partial charge in [-0.2, -0.15) is 0 Å². The second kappa shape index (κ2) is 11.4. The summed E-state index contributed by atoms with van der Waals surface area (Å²) in [4.78, 5) is 0. The third kappa shape index (κ3) is 7.21. The van der Waals surface area contributed by atoms with Crippen LogP contribution in [0.25, 0.3) is 0 Å². The first-order chi connectivity index (χ1) is 9.88. The van der Waals surface area contributed by atoms with Crippen molar-refractivity contribution in [1.82, 2.24) is 0 Å². The second-order valence-corrected chi connectivity index (χ2v) is 4.97. The molecule has 0 atom stereocenters. The van der Waals surface area contributed by atoms with Crippen LogP contribution in [0.3, 0.4) is 0 Å². The van der Waals surface area contributed by atoms with Gasteiger partial charge in [0.05, 0.1) is 18.7 Å². The SMILES string of the molecule is CCCCCCCCCOc1ccccc1C#CCN. The molecule has 0 radical (unpaired) electrons. The Hall–Kier alpha value is -1.46. The van der Waals surface area contributed by atoms with Crippen LogP contribution in [0.2, 0.25) is 0 Å². The normalized spacial score (nSPS) is 9.90. The van der Waals surface area contributed by atoms with Crippen molar-refractivity contribution >= 4 is 0 Å². The molecular formula is C18H27NO. The van der Waals surface area contributed by atoms with E-state index in [1.54, 1.807) is 0 Å². The van der Waals surface area contributed by atoms with E-state index in [1.165, 1.54) is 38.5 Å². The van der Waals surface area contributed by atoms with Crippen LogP contribution in [0, 0.1) is 11.8 Å². The number of hydrogen-bond donors (Lipinski definition) is 1. The maximum Gasteiger partial charge on any atom is 0.134 e. The van der Waals surface area contributed by atoms with Crippen molar-refractivity contribution in [3.05, 3.63) is 29.8 Å². The molecule has 0 aromatic heterocycles. The van der Waals surface area contributed by atoms with Gasteiger partial charge in [0.2, 0.25) is 0 Å². The third-order valence-electron chi connectivity index (χ3n) is 3.22. The van der Waals surface area contributed by atoms with Gasteiger partial charge in [0.25, 0.3) is 0 Å². The van der Waals surface area contributed by atoms with Crippen LogP contribution in [0.1, 0.15) is 57.4 Å². The van der Waals surface area contributed by atoms with E-state index < -0.39 is 0 Å². The fourth-order valence-corrected chi connectivity index (χ4v) is 2.08. The van der Waals surface area contributed by atoms with Gasteiger partial charge in [0, 0.05) is 0 Å². The smallest absolute Gasteiger partial charge is 0.134 e. The van der Waals surface area contributed by atoms with Crippen molar-refractivity contribution in [2.24, 2.45) is 5.73 Å². The van der Waals surface area contributed by atoms with E-state index in [0.29, 0.717) is 6.54 Å². The Kier molecular flexibility index (Phi) is 9.44. The van der Waals surface area contributed by atoms with Gasteiger partial charge in [0.15, 0.2) is 0 Å². The van der Waals surface area contributed by atoms with E-state index >= 15 is 0 Å². The van der Waals surface area contributed by atoms with Crippen LogP contribution in [0.15, 0.2) is 24.3 Å². The molecule has 0 aliphatic carbocycles. The minimum Gasteiger partial charge on any atom is -0.492 e. The molecule has 0 aliphatic heterocycles. The Morgan fingerprint density at radius 2 is 1.70 bits per heavy atom. The molecule has 0 unspecified atom stereocenters. The standard InChI is InChI=1S/C18H27NO/c1-2-3-4-5-6-7-10-16-20-18-14-9-8-12-17(18)13-11-15-19/h8-9,12,14H,2-7,10,15-16,19H2,1H3. The maximum atomic E-state index is 5.82. The molecule has 0 bridgehead atoms. The van der Waals surface area contributed by atoms with Gasteiger partial charge in [-0.3, -0.25) is 0 Å². The average molecular weight is 273 g/mol. The molecule has 2 heteroatoms. The van der Waals surface area contributed by atoms with Gasteiger partial charge in [-0.15, -0.1) is 0 Å². The number of nitrogens with two attached hydrogens (primary N) is 1. The minimum absolute atomic E-state index is 0.381. The molecule has 0 spiro atoms. The van der Waals surface area contributed by atoms with Gasteiger partial charge in [-0.1, -0.05) is 69.4 Å². The molecule has 0 heterocycles. The van der Waals surface area contributed by atoms with Gasteiger partial charge in [-0.05, 0) is 18.6 Å². The van der Waals surface area contributed by atoms with E-state index in [-0.39, 0.29) is 0 Å². The number of ether oxygens (including phenoxy) is 1. The highest BCUT2D eigenvalue weighted by Crippen LogP contribution is 2.17. The lowest BCUT2D eigenvalue weighted by Crippen LogP contribution is -1.99. The fourth-order valence-electron chi connectivity index (χ4n) is 2.08. The molecule has 1 aromatic carbocycles. The first-order valence-electron chi connectivity index (χ1n) is 7.79. The van der Waals surface area contributed by atoms with Crippen molar-refractivity contribution in [2.45, 2.75) is 51.9 Å². The highest BCUT2D eigenvalue weighted by Gasteiger charge is 1.99. The lowest BCUT2D eigenvalue weighted by atomic mass is 10.1. The van der Waals surface area contributed by atoms with Gasteiger partial charge >= 0.3 is 0 Å². The summed E-state index contributed by atoms with van der Waals surface area (Å²) in [7, 11) is 0. The Morgan fingerprint density at radius 3 is 2.45 bits per heavy atom. The zero-order chi connectivity index (χ0) is 14.5. The maximum absolute atomic E-state index is 5.82. The Morgan fingerprint density at radius 1 is 1.00 bits per heavy atom. The topological polar surface area (TPSA) is 35.2 Å². The summed E-state index contributed by atoms with van der Waals surface area (Å²) in [6, 6.07) is 7.90. The molecule has 0 fully saturated rings. The van der Waals surface area contributed by atoms with Gasteiger partial charge < -0.3 is 10.5 Å². The van der Waals surface area contributed by atoms with Crippen molar-refractivity contribution in [2.75, 3.05) is 13.2 Å². The summed E-state index contributed by atoms with van der Waals surface area (Å²) in [6.45, 7) is 3.40. The van der Waals surface area contributed by atoms with E-state index in [4.69, 9.17) is 10.5 Å². The van der Waals surface area contributed by atoms with Crippen LogP contribution >= 0.6 is 0 Å². The molecule has 0 aliphatic rings. The Balaban J connectivity index is 2.21. The van der Waals surface area contributed by atoms with E-state index in [1.807, 2.05) is 24.3 Å². The molecule has 0 saturated heterocycles. The highest BCUT2D eigenvalue weighted by molar-refractivity contribution is 5.45. The number of hydrogen-bond acceptors (Lipinski definition) is 2. The lowest BCUT2D eigenvalue weighted by Gasteiger charge is -2.08. The minimum atomic E-state index is 0.381. The number of para-hydroxylation sites is 1. The van der Waals surface area contributed by atoms with Gasteiger partial charge in [-0.25, -0.2) is 0 Å². The summed E-state index contributed by atoms with van der Waals surface area (Å²) in [5.41, 5.74) is 6.33. The fraction of sp³-hybridized carbons (Fsp3) is 0.556. The summed E-state index contributed by atoms with van der Waals surface area (Å²) in [5.74, 6) is 6.80. The number of unbranched alkanes of at least 4 members (excludes halogenated alkanes) is 6. The Labute approximate surface area is 123 Å². The van der Waals surface area contributed by atoms with Crippen LogP contribution in [0.5, 0.6) is 5.75 Å². The zero-order valence-electron chi connectivity index (χ0n) is 12.7. The quantitative estimate of drug-likeness (QED) is 0.542. The lowest BCUT2D eigenvalue weighted by molar-refractivity contribution is 0.303. The van der Waals surface area contributed by atoms with Crippen LogP contribution in [-0.2, 0) is 0 Å². The summed E-state index contributed by atoms with van der Waals surface area (Å²) in [5, 5.41) is 0. The molecule has 1 aromatic rings. The van der Waals surface area contributed by atoms with Crippen molar-refractivity contribution < 1.29 is 4.74 Å². The van der Waals surface area contributed by atoms with E-state index in [2.05, 4.69) is 18.8 Å². The zero-order valence-corrected chi connectivity index (χ0v) is 12.7. The molecule has 1 rings (SSSR count). The molecule has 2 nitrogen and oxygen atoms in total. The van der Waals surface area contributed by atoms with Crippen LogP contribution in [-0.4, -0.2) is 13.2 Å². The summed E-state index contributed by atoms with van der Waals surface area (Å²) >= 11 is 0. The van der Waals surface area contributed by atoms with Crippen LogP contribution < -0.4 is 10.5 Å². The average Bonchev–Trinajstić information content (AvgIpc) is 2.49. The van der Waals surface area contributed by atoms with Crippen molar-refractivity contribution in [1.29, 1.82) is 0 Å². The van der Waals surface area contributed by atoms with E-state index in [0.717, 1.165) is 24.3 Å². The summed E-state index contributed by atoms with van der Waals surface area (Å²) in [6.07, 6.45) is 9.08. The molecular weight excluding hydrogens is 246 g/mol. The van der Waals surface area contributed by atoms with Crippen LogP contribution in [0.4, 0.5) is 0 Å². The van der Waals surface area contributed by atoms with E-state index in [9.17, 15) is 0 Å². The first kappa shape index (κ1) is 16.6. The Bertz CT molecular complexity index is 417. The summed E-state index contributed by atoms with van der Waals surface area (Å²) < 4.78 is 5.82. The molecule has 2 N–H and O–H groups in total. The van der Waals surface area contributed by atoms with Crippen molar-refractivity contribution in [3.63, 3.8) is 0 Å². The molecule has 110 valence electrons. The predicted octanol–water partition coefficient (Wildman–Crippen LogP) is 4.13. The number of benzene rings is 1. The molecule has 0 saturated carbocycles. The third-order valence-corrected chi connectivity index (χ3v) is 3.22. The van der Waals surface area contributed by atoms with Crippen molar-refractivity contribution in [3.8, 4) is 17.6 Å². The highest BCUT2D eigenvalue weighted by atomic mass is 16.5. The van der Waals surface area contributed by atoms with Gasteiger partial charge in [0.1, 0.15) is 5.75 Å². The first-order valence-corrected chi connectivity index (χ1v) is 7.79. The number of rotatable bonds is 9. The monoisotopic (exact) mass is 273 g/mol. The predicted molar refractivity (Wildman–Crippen MR) is 85.9 cm³/mol. The molecule has 20 heavy (non-hydrogen) atoms. The largest absolute Gasteiger partial charge is 0.492 e. The second-order valence-electron chi connectivity index (χ2n) is 4.97. The molecule has 0 amide bonds.